The third-order valence-corrected chi connectivity index (χ3v) is 4.28. The Morgan fingerprint density at radius 1 is 1.14 bits per heavy atom. The van der Waals surface area contributed by atoms with Crippen LogP contribution in [0.4, 0.5) is 5.69 Å². The summed E-state index contributed by atoms with van der Waals surface area (Å²) < 4.78 is 5.51. The van der Waals surface area contributed by atoms with Crippen LogP contribution in [0.1, 0.15) is 5.69 Å². The van der Waals surface area contributed by atoms with Gasteiger partial charge in [-0.15, -0.1) is 11.8 Å². The molecule has 0 radical (unpaired) electrons. The number of nitrogens with zero attached hydrogens (tertiary/aromatic N) is 1. The first-order valence-electron chi connectivity index (χ1n) is 6.40. The molecule has 2 N–H and O–H groups in total. The van der Waals surface area contributed by atoms with Crippen LogP contribution in [0.2, 0.25) is 5.02 Å². The van der Waals surface area contributed by atoms with Crippen molar-refractivity contribution >= 4 is 29.1 Å². The van der Waals surface area contributed by atoms with Crippen LogP contribution in [0.25, 0.3) is 11.5 Å². The third-order valence-electron chi connectivity index (χ3n) is 2.92. The molecule has 0 bridgehead atoms. The van der Waals surface area contributed by atoms with Gasteiger partial charge in [0.05, 0.1) is 5.69 Å². The van der Waals surface area contributed by atoms with Crippen LogP contribution >= 0.6 is 23.4 Å². The van der Waals surface area contributed by atoms with E-state index in [0.29, 0.717) is 16.7 Å². The maximum absolute atomic E-state index is 5.97. The molecule has 3 rings (SSSR count). The second-order valence-corrected chi connectivity index (χ2v) is 5.93. The predicted octanol–water partition coefficient (Wildman–Crippen LogP) is 4.87. The summed E-state index contributed by atoms with van der Waals surface area (Å²) in [6.45, 7) is 0. The molecule has 3 nitrogen and oxygen atoms in total. The highest BCUT2D eigenvalue weighted by molar-refractivity contribution is 7.98. The van der Waals surface area contributed by atoms with Gasteiger partial charge in [-0.3, -0.25) is 0 Å². The fourth-order valence-electron chi connectivity index (χ4n) is 1.89. The number of rotatable bonds is 4. The maximum Gasteiger partial charge on any atom is 0.226 e. The lowest BCUT2D eigenvalue weighted by Gasteiger charge is -2.02. The summed E-state index contributed by atoms with van der Waals surface area (Å²) in [4.78, 5) is 5.53. The van der Waals surface area contributed by atoms with Gasteiger partial charge in [-0.05, 0) is 30.3 Å². The van der Waals surface area contributed by atoms with E-state index in [0.717, 1.165) is 21.8 Å². The smallest absolute Gasteiger partial charge is 0.226 e. The van der Waals surface area contributed by atoms with Crippen LogP contribution in [0.5, 0.6) is 0 Å². The Hall–Kier alpha value is -1.91. The van der Waals surface area contributed by atoms with Crippen molar-refractivity contribution in [3.63, 3.8) is 0 Å². The molecule has 3 aromatic rings. The number of hydrogen-bond donors (Lipinski definition) is 1. The van der Waals surface area contributed by atoms with Gasteiger partial charge < -0.3 is 10.2 Å². The van der Waals surface area contributed by atoms with Gasteiger partial charge in [-0.1, -0.05) is 29.8 Å². The third kappa shape index (κ3) is 3.40. The van der Waals surface area contributed by atoms with Crippen LogP contribution in [-0.4, -0.2) is 4.98 Å². The molecule has 0 unspecified atom stereocenters. The van der Waals surface area contributed by atoms with E-state index in [1.54, 1.807) is 18.0 Å². The molecule has 0 saturated carbocycles. The summed E-state index contributed by atoms with van der Waals surface area (Å²) in [6, 6.07) is 15.2. The molecule has 0 atom stereocenters. The van der Waals surface area contributed by atoms with E-state index in [1.807, 2.05) is 48.5 Å². The molecule has 0 saturated heterocycles. The van der Waals surface area contributed by atoms with Crippen LogP contribution in [0.3, 0.4) is 0 Å². The zero-order valence-corrected chi connectivity index (χ0v) is 12.7. The van der Waals surface area contributed by atoms with Gasteiger partial charge in [-0.25, -0.2) is 4.98 Å². The highest BCUT2D eigenvalue weighted by atomic mass is 35.5. The lowest BCUT2D eigenvalue weighted by Crippen LogP contribution is -1.88. The Bertz CT molecular complexity index is 757. The van der Waals surface area contributed by atoms with Gasteiger partial charge in [0.1, 0.15) is 6.26 Å². The van der Waals surface area contributed by atoms with Crippen molar-refractivity contribution in [2.24, 2.45) is 0 Å². The number of anilines is 1. The number of aromatic nitrogens is 1. The molecule has 2 aromatic carbocycles. The topological polar surface area (TPSA) is 52.0 Å². The number of thioether (sulfide) groups is 1. The van der Waals surface area contributed by atoms with Gasteiger partial charge in [0.25, 0.3) is 0 Å². The number of hydrogen-bond acceptors (Lipinski definition) is 4. The Kier molecular flexibility index (Phi) is 4.18. The van der Waals surface area contributed by atoms with Crippen LogP contribution in [0.15, 0.2) is 64.1 Å². The van der Waals surface area contributed by atoms with E-state index >= 15 is 0 Å². The molecule has 0 amide bonds. The molecular formula is C16H13ClN2OS. The molecule has 0 aliphatic carbocycles. The summed E-state index contributed by atoms with van der Waals surface area (Å²) in [5.41, 5.74) is 8.44. The van der Waals surface area contributed by atoms with Crippen LogP contribution in [-0.2, 0) is 5.75 Å². The zero-order chi connectivity index (χ0) is 14.7. The number of nitrogen functional groups attached to an aromatic ring is 1. The van der Waals surface area contributed by atoms with E-state index in [2.05, 4.69) is 4.98 Å². The number of nitrogens with two attached hydrogens (primary N) is 1. The Labute approximate surface area is 132 Å². The molecule has 1 heterocycles. The van der Waals surface area contributed by atoms with Crippen molar-refractivity contribution < 1.29 is 4.42 Å². The van der Waals surface area contributed by atoms with Crippen molar-refractivity contribution in [3.05, 3.63) is 65.5 Å². The monoisotopic (exact) mass is 316 g/mol. The number of para-hydroxylation sites is 1. The lowest BCUT2D eigenvalue weighted by atomic mass is 10.2. The first-order valence-corrected chi connectivity index (χ1v) is 7.76. The van der Waals surface area contributed by atoms with Crippen molar-refractivity contribution in [1.82, 2.24) is 4.98 Å². The van der Waals surface area contributed by atoms with E-state index in [9.17, 15) is 0 Å². The van der Waals surface area contributed by atoms with Gasteiger partial charge in [0, 0.05) is 26.9 Å². The largest absolute Gasteiger partial charge is 0.444 e. The second-order valence-electron chi connectivity index (χ2n) is 4.48. The molecular weight excluding hydrogens is 304 g/mol. The average Bonchev–Trinajstić information content (AvgIpc) is 2.95. The van der Waals surface area contributed by atoms with Crippen molar-refractivity contribution in [3.8, 4) is 11.5 Å². The molecule has 0 aliphatic heterocycles. The first kappa shape index (κ1) is 14.0. The van der Waals surface area contributed by atoms with E-state index in [1.165, 1.54) is 0 Å². The second kappa shape index (κ2) is 6.24. The highest BCUT2D eigenvalue weighted by Gasteiger charge is 2.08. The molecule has 5 heteroatoms. The summed E-state index contributed by atoms with van der Waals surface area (Å²) in [7, 11) is 0. The average molecular weight is 317 g/mol. The summed E-state index contributed by atoms with van der Waals surface area (Å²) in [5, 5.41) is 0.665. The minimum atomic E-state index is 0.578. The van der Waals surface area contributed by atoms with Gasteiger partial charge in [0.2, 0.25) is 5.89 Å². The van der Waals surface area contributed by atoms with Gasteiger partial charge >= 0.3 is 0 Å². The summed E-state index contributed by atoms with van der Waals surface area (Å²) in [5.74, 6) is 1.28. The van der Waals surface area contributed by atoms with E-state index in [-0.39, 0.29) is 0 Å². The lowest BCUT2D eigenvalue weighted by molar-refractivity contribution is 0.573. The molecule has 0 aliphatic rings. The summed E-state index contributed by atoms with van der Waals surface area (Å²) in [6.07, 6.45) is 1.67. The van der Waals surface area contributed by atoms with Crippen molar-refractivity contribution in [2.45, 2.75) is 10.6 Å². The van der Waals surface area contributed by atoms with Gasteiger partial charge in [-0.2, -0.15) is 0 Å². The Morgan fingerprint density at radius 3 is 2.81 bits per heavy atom. The summed E-state index contributed by atoms with van der Waals surface area (Å²) >= 11 is 7.61. The molecule has 21 heavy (non-hydrogen) atoms. The Balaban J connectivity index is 1.72. The molecule has 0 fully saturated rings. The van der Waals surface area contributed by atoms with Crippen LogP contribution < -0.4 is 5.73 Å². The first-order chi connectivity index (χ1) is 10.2. The zero-order valence-electron chi connectivity index (χ0n) is 11.1. The SMILES string of the molecule is Nc1ccccc1SCc1coc(-c2cccc(Cl)c2)n1. The molecule has 1 aromatic heterocycles. The fraction of sp³-hybridized carbons (Fsp3) is 0.0625. The minimum Gasteiger partial charge on any atom is -0.444 e. The van der Waals surface area contributed by atoms with Gasteiger partial charge in [0.15, 0.2) is 0 Å². The highest BCUT2D eigenvalue weighted by Crippen LogP contribution is 2.29. The maximum atomic E-state index is 5.97. The normalized spacial score (nSPS) is 10.7. The number of benzene rings is 2. The van der Waals surface area contributed by atoms with Crippen molar-refractivity contribution in [1.29, 1.82) is 0 Å². The molecule has 106 valence electrons. The number of halogens is 1. The standard InChI is InChI=1S/C16H13ClN2OS/c17-12-5-3-4-11(8-12)16-19-13(9-20-16)10-21-15-7-2-1-6-14(15)18/h1-9H,10,18H2. The Morgan fingerprint density at radius 2 is 2.00 bits per heavy atom. The fourth-order valence-corrected chi connectivity index (χ4v) is 2.93. The van der Waals surface area contributed by atoms with Crippen LogP contribution in [0, 0.1) is 0 Å². The van der Waals surface area contributed by atoms with E-state index < -0.39 is 0 Å². The van der Waals surface area contributed by atoms with Crippen molar-refractivity contribution in [2.75, 3.05) is 5.73 Å². The molecule has 0 spiro atoms. The number of oxazole rings is 1. The van der Waals surface area contributed by atoms with E-state index in [4.69, 9.17) is 21.8 Å². The minimum absolute atomic E-state index is 0.578. The predicted molar refractivity (Wildman–Crippen MR) is 87.4 cm³/mol. The quantitative estimate of drug-likeness (QED) is 0.551.